The first-order chi connectivity index (χ1) is 15.4. The Morgan fingerprint density at radius 1 is 1.12 bits per heavy atom. The molecule has 0 unspecified atom stereocenters. The van der Waals surface area contributed by atoms with Crippen molar-refractivity contribution in [3.8, 4) is 11.5 Å². The van der Waals surface area contributed by atoms with E-state index in [1.54, 1.807) is 13.2 Å². The van der Waals surface area contributed by atoms with Crippen molar-refractivity contribution in [2.24, 2.45) is 0 Å². The van der Waals surface area contributed by atoms with Gasteiger partial charge in [0.2, 0.25) is 5.91 Å². The van der Waals surface area contributed by atoms with Crippen LogP contribution in [0.4, 0.5) is 5.69 Å². The fourth-order valence-electron chi connectivity index (χ4n) is 3.15. The first-order valence-corrected chi connectivity index (χ1v) is 11.2. The highest BCUT2D eigenvalue weighted by atomic mass is 32.2. The first-order valence-electron chi connectivity index (χ1n) is 10.2. The second-order valence-corrected chi connectivity index (χ2v) is 8.34. The quantitative estimate of drug-likeness (QED) is 0.355. The Hall–Kier alpha value is -3.26. The molecule has 0 aliphatic rings. The molecule has 1 heterocycles. The topological polar surface area (TPSA) is 78.3 Å². The van der Waals surface area contributed by atoms with Gasteiger partial charge in [0.1, 0.15) is 6.61 Å². The van der Waals surface area contributed by atoms with Crippen LogP contribution in [0.3, 0.4) is 0 Å². The molecular weight excluding hydrogens is 424 g/mol. The summed E-state index contributed by atoms with van der Waals surface area (Å²) in [5.41, 5.74) is 4.09. The van der Waals surface area contributed by atoms with E-state index >= 15 is 0 Å². The lowest BCUT2D eigenvalue weighted by atomic mass is 10.1. The summed E-state index contributed by atoms with van der Waals surface area (Å²) in [6.45, 7) is 10.5. The number of carbonyl (C=O) groups is 1. The van der Waals surface area contributed by atoms with Crippen LogP contribution in [-0.2, 0) is 17.9 Å². The lowest BCUT2D eigenvalue weighted by molar-refractivity contribution is -0.113. The minimum atomic E-state index is -0.0997. The summed E-state index contributed by atoms with van der Waals surface area (Å²) in [4.78, 5) is 12.5. The molecule has 7 nitrogen and oxygen atoms in total. The molecule has 1 N–H and O–H groups in total. The van der Waals surface area contributed by atoms with Gasteiger partial charge in [-0.15, -0.1) is 16.8 Å². The summed E-state index contributed by atoms with van der Waals surface area (Å²) >= 11 is 1.32. The number of carbonyl (C=O) groups excluding carboxylic acids is 1. The Bertz CT molecular complexity index is 1110. The van der Waals surface area contributed by atoms with Gasteiger partial charge in [0.25, 0.3) is 0 Å². The molecule has 0 bridgehead atoms. The third-order valence-corrected chi connectivity index (χ3v) is 5.74. The number of benzene rings is 2. The van der Waals surface area contributed by atoms with Crippen molar-refractivity contribution in [3.05, 3.63) is 71.6 Å². The van der Waals surface area contributed by atoms with Gasteiger partial charge < -0.3 is 14.8 Å². The Morgan fingerprint density at radius 2 is 1.88 bits per heavy atom. The van der Waals surface area contributed by atoms with Crippen LogP contribution in [-0.4, -0.2) is 33.5 Å². The molecule has 2 aromatic carbocycles. The fourth-order valence-corrected chi connectivity index (χ4v) is 3.92. The zero-order valence-corrected chi connectivity index (χ0v) is 19.7. The van der Waals surface area contributed by atoms with Crippen LogP contribution in [0.1, 0.15) is 22.5 Å². The van der Waals surface area contributed by atoms with Gasteiger partial charge in [-0.3, -0.25) is 9.36 Å². The number of nitrogens with zero attached hydrogens (tertiary/aromatic N) is 3. The van der Waals surface area contributed by atoms with E-state index in [1.165, 1.54) is 11.8 Å². The second kappa shape index (κ2) is 10.9. The standard InChI is InChI=1S/C24H28N4O3S/c1-6-11-28-22(14-31-20-10-8-17(3)13-21(20)30-5)26-27-24(28)32-15-23(29)25-19-9-7-16(2)12-18(19)4/h6-10,12-13H,1,11,14-15H2,2-5H3,(H,25,29). The van der Waals surface area contributed by atoms with Gasteiger partial charge in [-0.25, -0.2) is 0 Å². The van der Waals surface area contributed by atoms with Crippen molar-refractivity contribution in [2.75, 3.05) is 18.2 Å². The Balaban J connectivity index is 1.65. The van der Waals surface area contributed by atoms with Crippen LogP contribution < -0.4 is 14.8 Å². The Labute approximate surface area is 192 Å². The van der Waals surface area contributed by atoms with Crippen LogP contribution in [0.5, 0.6) is 11.5 Å². The maximum Gasteiger partial charge on any atom is 0.234 e. The second-order valence-electron chi connectivity index (χ2n) is 7.40. The number of hydrogen-bond donors (Lipinski definition) is 1. The highest BCUT2D eigenvalue weighted by molar-refractivity contribution is 7.99. The summed E-state index contributed by atoms with van der Waals surface area (Å²) in [6.07, 6.45) is 1.76. The molecule has 0 atom stereocenters. The summed E-state index contributed by atoms with van der Waals surface area (Å²) in [5.74, 6) is 2.06. The molecule has 0 spiro atoms. The molecule has 0 aliphatic heterocycles. The van der Waals surface area contributed by atoms with Crippen molar-refractivity contribution in [3.63, 3.8) is 0 Å². The highest BCUT2D eigenvalue weighted by Crippen LogP contribution is 2.29. The predicted octanol–water partition coefficient (Wildman–Crippen LogP) is 4.71. The number of aryl methyl sites for hydroxylation is 3. The molecule has 0 saturated carbocycles. The number of nitrogens with one attached hydrogen (secondary N) is 1. The van der Waals surface area contributed by atoms with E-state index in [-0.39, 0.29) is 18.3 Å². The average molecular weight is 453 g/mol. The number of ether oxygens (including phenoxy) is 2. The molecule has 32 heavy (non-hydrogen) atoms. The van der Waals surface area contributed by atoms with Crippen molar-refractivity contribution >= 4 is 23.4 Å². The summed E-state index contributed by atoms with van der Waals surface area (Å²) in [6, 6.07) is 11.7. The Kier molecular flexibility index (Phi) is 7.94. The minimum absolute atomic E-state index is 0.0997. The number of methoxy groups -OCH3 is 1. The van der Waals surface area contributed by atoms with Gasteiger partial charge in [-0.1, -0.05) is 41.6 Å². The maximum atomic E-state index is 12.5. The number of aromatic nitrogens is 3. The lowest BCUT2D eigenvalue weighted by Crippen LogP contribution is -2.15. The van der Waals surface area contributed by atoms with Crippen molar-refractivity contribution in [1.82, 2.24) is 14.8 Å². The van der Waals surface area contributed by atoms with E-state index in [1.807, 2.05) is 61.7 Å². The van der Waals surface area contributed by atoms with Crippen molar-refractivity contribution in [2.45, 2.75) is 39.1 Å². The van der Waals surface area contributed by atoms with E-state index in [2.05, 4.69) is 22.1 Å². The molecule has 0 fully saturated rings. The zero-order chi connectivity index (χ0) is 23.1. The number of hydrogen-bond acceptors (Lipinski definition) is 6. The van der Waals surface area contributed by atoms with Crippen molar-refractivity contribution < 1.29 is 14.3 Å². The normalized spacial score (nSPS) is 10.6. The first kappa shape index (κ1) is 23.4. The van der Waals surface area contributed by atoms with E-state index in [9.17, 15) is 4.79 Å². The SMILES string of the molecule is C=CCn1c(COc2ccc(C)cc2OC)nnc1SCC(=O)Nc1ccc(C)cc1C. The third kappa shape index (κ3) is 5.91. The number of amides is 1. The zero-order valence-electron chi connectivity index (χ0n) is 18.8. The predicted molar refractivity (Wildman–Crippen MR) is 128 cm³/mol. The molecular formula is C24H28N4O3S. The molecule has 3 rings (SSSR count). The highest BCUT2D eigenvalue weighted by Gasteiger charge is 2.15. The largest absolute Gasteiger partial charge is 0.493 e. The number of rotatable bonds is 10. The van der Waals surface area contributed by atoms with Gasteiger partial charge >= 0.3 is 0 Å². The molecule has 8 heteroatoms. The minimum Gasteiger partial charge on any atom is -0.493 e. The van der Waals surface area contributed by atoms with Crippen LogP contribution in [0, 0.1) is 20.8 Å². The molecule has 3 aromatic rings. The molecule has 0 saturated heterocycles. The van der Waals surface area contributed by atoms with Gasteiger partial charge in [-0.05, 0) is 50.1 Å². The van der Waals surface area contributed by atoms with Crippen LogP contribution in [0.25, 0.3) is 0 Å². The van der Waals surface area contributed by atoms with E-state index in [0.29, 0.717) is 29.0 Å². The summed E-state index contributed by atoms with van der Waals surface area (Å²) < 4.78 is 13.2. The molecule has 0 radical (unpaired) electrons. The van der Waals surface area contributed by atoms with E-state index in [0.717, 1.165) is 22.4 Å². The molecule has 0 aliphatic carbocycles. The van der Waals surface area contributed by atoms with Gasteiger partial charge in [0, 0.05) is 12.2 Å². The average Bonchev–Trinajstić information content (AvgIpc) is 3.15. The van der Waals surface area contributed by atoms with Crippen LogP contribution >= 0.6 is 11.8 Å². The summed E-state index contributed by atoms with van der Waals surface area (Å²) in [5, 5.41) is 12.1. The van der Waals surface area contributed by atoms with Gasteiger partial charge in [0.15, 0.2) is 22.5 Å². The number of allylic oxidation sites excluding steroid dienone is 1. The summed E-state index contributed by atoms with van der Waals surface area (Å²) in [7, 11) is 1.61. The monoisotopic (exact) mass is 452 g/mol. The number of anilines is 1. The lowest BCUT2D eigenvalue weighted by Gasteiger charge is -2.12. The van der Waals surface area contributed by atoms with E-state index in [4.69, 9.17) is 9.47 Å². The van der Waals surface area contributed by atoms with Gasteiger partial charge in [-0.2, -0.15) is 0 Å². The van der Waals surface area contributed by atoms with Crippen LogP contribution in [0.2, 0.25) is 0 Å². The number of thioether (sulfide) groups is 1. The third-order valence-electron chi connectivity index (χ3n) is 4.77. The van der Waals surface area contributed by atoms with Crippen LogP contribution in [0.15, 0.2) is 54.2 Å². The Morgan fingerprint density at radius 3 is 2.59 bits per heavy atom. The maximum absolute atomic E-state index is 12.5. The molecule has 168 valence electrons. The molecule has 1 aromatic heterocycles. The fraction of sp³-hybridized carbons (Fsp3) is 0.292. The van der Waals surface area contributed by atoms with Crippen molar-refractivity contribution in [1.29, 1.82) is 0 Å². The smallest absolute Gasteiger partial charge is 0.234 e. The van der Waals surface area contributed by atoms with Gasteiger partial charge in [0.05, 0.1) is 12.9 Å². The molecule has 1 amide bonds. The van der Waals surface area contributed by atoms with E-state index < -0.39 is 0 Å².